The van der Waals surface area contributed by atoms with Gasteiger partial charge in [0.1, 0.15) is 5.82 Å². The van der Waals surface area contributed by atoms with Crippen LogP contribution in [0.1, 0.15) is 33.6 Å². The van der Waals surface area contributed by atoms with Gasteiger partial charge in [-0.3, -0.25) is 0 Å². The molecule has 1 fully saturated rings. The van der Waals surface area contributed by atoms with Crippen LogP contribution in [0.3, 0.4) is 0 Å². The van der Waals surface area contributed by atoms with Crippen LogP contribution >= 0.6 is 0 Å². The van der Waals surface area contributed by atoms with Crippen LogP contribution in [0.2, 0.25) is 0 Å². The second-order valence-corrected chi connectivity index (χ2v) is 6.02. The average molecular weight is 277 g/mol. The van der Waals surface area contributed by atoms with Gasteiger partial charge in [-0.15, -0.1) is 0 Å². The molecule has 0 saturated carbocycles. The molecule has 4 nitrogen and oxygen atoms in total. The monoisotopic (exact) mass is 277 g/mol. The molecule has 0 radical (unpaired) electrons. The number of rotatable bonds is 6. The molecule has 1 N–H and O–H groups in total. The molecule has 2 heterocycles. The molecule has 20 heavy (non-hydrogen) atoms. The van der Waals surface area contributed by atoms with Crippen molar-refractivity contribution in [2.75, 3.05) is 36.5 Å². The van der Waals surface area contributed by atoms with Gasteiger partial charge in [-0.25, -0.2) is 4.98 Å². The van der Waals surface area contributed by atoms with Gasteiger partial charge < -0.3 is 15.0 Å². The van der Waals surface area contributed by atoms with Gasteiger partial charge in [0.15, 0.2) is 0 Å². The van der Waals surface area contributed by atoms with E-state index in [0.717, 1.165) is 43.7 Å². The zero-order valence-electron chi connectivity index (χ0n) is 12.9. The molecule has 0 aromatic carbocycles. The van der Waals surface area contributed by atoms with Crippen LogP contribution in [0.5, 0.6) is 0 Å². The molecule has 1 aliphatic heterocycles. The zero-order chi connectivity index (χ0) is 14.4. The van der Waals surface area contributed by atoms with Crippen molar-refractivity contribution in [3.8, 4) is 0 Å². The number of pyridine rings is 1. The molecule has 0 amide bonds. The van der Waals surface area contributed by atoms with Gasteiger partial charge in [0.05, 0.1) is 25.1 Å². The Labute approximate surface area is 122 Å². The fourth-order valence-electron chi connectivity index (χ4n) is 2.39. The molecule has 1 unspecified atom stereocenters. The highest BCUT2D eigenvalue weighted by Crippen LogP contribution is 2.17. The van der Waals surface area contributed by atoms with E-state index in [1.807, 2.05) is 6.20 Å². The van der Waals surface area contributed by atoms with Crippen molar-refractivity contribution < 1.29 is 4.74 Å². The van der Waals surface area contributed by atoms with E-state index < -0.39 is 0 Å². The van der Waals surface area contributed by atoms with Crippen LogP contribution in [0.4, 0.5) is 11.5 Å². The predicted octanol–water partition coefficient (Wildman–Crippen LogP) is 3.15. The summed E-state index contributed by atoms with van der Waals surface area (Å²) < 4.78 is 5.36. The second-order valence-electron chi connectivity index (χ2n) is 6.02. The van der Waals surface area contributed by atoms with Gasteiger partial charge in [-0.05, 0) is 37.8 Å². The van der Waals surface area contributed by atoms with Crippen molar-refractivity contribution in [2.45, 2.75) is 39.7 Å². The van der Waals surface area contributed by atoms with Crippen molar-refractivity contribution in [3.63, 3.8) is 0 Å². The van der Waals surface area contributed by atoms with Crippen molar-refractivity contribution >= 4 is 11.5 Å². The van der Waals surface area contributed by atoms with Crippen molar-refractivity contribution in [1.82, 2.24) is 4.98 Å². The number of morpholine rings is 1. The van der Waals surface area contributed by atoms with Gasteiger partial charge in [0, 0.05) is 19.1 Å². The minimum atomic E-state index is 0.494. The average Bonchev–Trinajstić information content (AvgIpc) is 2.47. The van der Waals surface area contributed by atoms with Gasteiger partial charge in [-0.2, -0.15) is 0 Å². The first kappa shape index (κ1) is 15.1. The number of hydrogen-bond acceptors (Lipinski definition) is 4. The minimum absolute atomic E-state index is 0.494. The van der Waals surface area contributed by atoms with E-state index >= 15 is 0 Å². The Balaban J connectivity index is 1.84. The van der Waals surface area contributed by atoms with Gasteiger partial charge in [0.25, 0.3) is 0 Å². The molecule has 1 atom stereocenters. The highest BCUT2D eigenvalue weighted by atomic mass is 16.5. The highest BCUT2D eigenvalue weighted by Gasteiger charge is 2.12. The summed E-state index contributed by atoms with van der Waals surface area (Å²) in [6.45, 7) is 10.2. The zero-order valence-corrected chi connectivity index (χ0v) is 12.9. The molecule has 0 aliphatic carbocycles. The molecule has 4 heteroatoms. The Bertz CT molecular complexity index is 385. The highest BCUT2D eigenvalue weighted by molar-refractivity contribution is 5.49. The van der Waals surface area contributed by atoms with Gasteiger partial charge >= 0.3 is 0 Å². The van der Waals surface area contributed by atoms with E-state index in [1.54, 1.807) is 0 Å². The molecule has 112 valence electrons. The van der Waals surface area contributed by atoms with Crippen LogP contribution in [-0.4, -0.2) is 37.3 Å². The van der Waals surface area contributed by atoms with Crippen LogP contribution in [0, 0.1) is 5.92 Å². The number of ether oxygens (including phenoxy) is 1. The Hall–Kier alpha value is -1.29. The van der Waals surface area contributed by atoms with Crippen LogP contribution in [0.25, 0.3) is 0 Å². The Kier molecular flexibility index (Phi) is 5.65. The summed E-state index contributed by atoms with van der Waals surface area (Å²) >= 11 is 0. The fourth-order valence-corrected chi connectivity index (χ4v) is 2.39. The number of nitrogens with zero attached hydrogens (tertiary/aromatic N) is 2. The van der Waals surface area contributed by atoms with Crippen LogP contribution < -0.4 is 10.2 Å². The van der Waals surface area contributed by atoms with E-state index in [9.17, 15) is 0 Å². The number of aromatic nitrogens is 1. The standard InChI is InChI=1S/C16H27N3O/c1-13(2)4-5-14(3)18-15-6-7-16(17-12-15)19-8-10-20-11-9-19/h6-7,12-14,18H,4-5,8-11H2,1-3H3. The van der Waals surface area contributed by atoms with E-state index in [2.05, 4.69) is 48.1 Å². The third-order valence-corrected chi connectivity index (χ3v) is 3.67. The van der Waals surface area contributed by atoms with Crippen LogP contribution in [-0.2, 0) is 4.74 Å². The molecule has 0 bridgehead atoms. The largest absolute Gasteiger partial charge is 0.381 e. The first-order chi connectivity index (χ1) is 9.65. The summed E-state index contributed by atoms with van der Waals surface area (Å²) in [6.07, 6.45) is 4.40. The van der Waals surface area contributed by atoms with Gasteiger partial charge in [-0.1, -0.05) is 13.8 Å². The third kappa shape index (κ3) is 4.67. The topological polar surface area (TPSA) is 37.4 Å². The molecule has 1 aromatic rings. The molecule has 0 spiro atoms. The summed E-state index contributed by atoms with van der Waals surface area (Å²) in [5.41, 5.74) is 1.11. The van der Waals surface area contributed by atoms with E-state index in [1.165, 1.54) is 12.8 Å². The minimum Gasteiger partial charge on any atom is -0.381 e. The van der Waals surface area contributed by atoms with Crippen molar-refractivity contribution in [1.29, 1.82) is 0 Å². The molecule has 1 aliphatic rings. The SMILES string of the molecule is CC(C)CCC(C)Nc1ccc(N2CCOCC2)nc1. The van der Waals surface area contributed by atoms with E-state index in [4.69, 9.17) is 4.74 Å². The number of anilines is 2. The fraction of sp³-hybridized carbons (Fsp3) is 0.688. The Morgan fingerprint density at radius 3 is 2.55 bits per heavy atom. The van der Waals surface area contributed by atoms with E-state index in [0.29, 0.717) is 6.04 Å². The summed E-state index contributed by atoms with van der Waals surface area (Å²) in [5, 5.41) is 3.52. The summed E-state index contributed by atoms with van der Waals surface area (Å²) in [5.74, 6) is 1.81. The first-order valence-electron chi connectivity index (χ1n) is 7.70. The second kappa shape index (κ2) is 7.48. The Morgan fingerprint density at radius 2 is 1.95 bits per heavy atom. The molecule has 1 saturated heterocycles. The Morgan fingerprint density at radius 1 is 1.20 bits per heavy atom. The number of hydrogen-bond donors (Lipinski definition) is 1. The lowest BCUT2D eigenvalue weighted by Crippen LogP contribution is -2.36. The van der Waals surface area contributed by atoms with E-state index in [-0.39, 0.29) is 0 Å². The lowest BCUT2D eigenvalue weighted by molar-refractivity contribution is 0.122. The summed E-state index contributed by atoms with van der Waals surface area (Å²) in [7, 11) is 0. The summed E-state index contributed by atoms with van der Waals surface area (Å²) in [4.78, 5) is 6.83. The molecule has 2 rings (SSSR count). The summed E-state index contributed by atoms with van der Waals surface area (Å²) in [6, 6.07) is 4.72. The first-order valence-corrected chi connectivity index (χ1v) is 7.70. The van der Waals surface area contributed by atoms with Gasteiger partial charge in [0.2, 0.25) is 0 Å². The number of nitrogens with one attached hydrogen (secondary N) is 1. The molecular formula is C16H27N3O. The molecular weight excluding hydrogens is 250 g/mol. The quantitative estimate of drug-likeness (QED) is 0.866. The maximum absolute atomic E-state index is 5.36. The van der Waals surface area contributed by atoms with Crippen molar-refractivity contribution in [2.24, 2.45) is 5.92 Å². The maximum atomic E-state index is 5.36. The normalized spacial score (nSPS) is 17.3. The van der Waals surface area contributed by atoms with Crippen LogP contribution in [0.15, 0.2) is 18.3 Å². The predicted molar refractivity (Wildman–Crippen MR) is 84.4 cm³/mol. The lowest BCUT2D eigenvalue weighted by Gasteiger charge is -2.28. The maximum Gasteiger partial charge on any atom is 0.128 e. The van der Waals surface area contributed by atoms with Crippen molar-refractivity contribution in [3.05, 3.63) is 18.3 Å². The smallest absolute Gasteiger partial charge is 0.128 e. The lowest BCUT2D eigenvalue weighted by atomic mass is 10.0. The molecule has 1 aromatic heterocycles. The third-order valence-electron chi connectivity index (χ3n) is 3.67.